The molecule has 1 amide bonds. The number of hydrogen-bond acceptors (Lipinski definition) is 12. The number of nitrogens with two attached hydrogens (primary N) is 1. The number of aliphatic hydroxyl groups excluding tert-OH is 2. The Morgan fingerprint density at radius 3 is 2.43 bits per heavy atom. The number of aromatic nitrogens is 1. The number of rotatable bonds is 8. The van der Waals surface area contributed by atoms with E-state index < -0.39 is 69.3 Å². The highest BCUT2D eigenvalue weighted by Crippen LogP contribution is 2.53. The normalized spacial score (nSPS) is 24.7. The van der Waals surface area contributed by atoms with Gasteiger partial charge in [-0.05, 0) is 56.5 Å². The summed E-state index contributed by atoms with van der Waals surface area (Å²) in [6, 6.07) is 9.79. The number of aliphatic hydroxyl groups is 3. The summed E-state index contributed by atoms with van der Waals surface area (Å²) in [5.74, 6) is -7.62. The molecule has 5 atom stereocenters. The zero-order chi connectivity index (χ0) is 34.1. The Morgan fingerprint density at radius 1 is 1.15 bits per heavy atom. The van der Waals surface area contributed by atoms with Crippen LogP contribution in [-0.4, -0.2) is 98.8 Å². The molecule has 0 fully saturated rings. The molecule has 6 N–H and O–H groups in total. The van der Waals surface area contributed by atoms with E-state index in [1.165, 1.54) is 4.90 Å². The lowest BCUT2D eigenvalue weighted by Gasteiger charge is -2.50. The van der Waals surface area contributed by atoms with Crippen LogP contribution in [-0.2, 0) is 27.2 Å². The summed E-state index contributed by atoms with van der Waals surface area (Å²) in [4.78, 5) is 60.3. The lowest BCUT2D eigenvalue weighted by molar-refractivity contribution is -0.148. The van der Waals surface area contributed by atoms with Crippen molar-refractivity contribution in [2.45, 2.75) is 41.4 Å². The van der Waals surface area contributed by atoms with E-state index in [9.17, 15) is 39.6 Å². The van der Waals surface area contributed by atoms with Gasteiger partial charge in [0.1, 0.15) is 27.9 Å². The van der Waals surface area contributed by atoms with Gasteiger partial charge in [-0.1, -0.05) is 42.1 Å². The van der Waals surface area contributed by atoms with Crippen LogP contribution < -0.4 is 10.6 Å². The lowest BCUT2D eigenvalue weighted by Crippen LogP contribution is -2.63. The number of allylic oxidation sites excluding steroid dienone is 1. The predicted octanol–water partition coefficient (Wildman–Crippen LogP) is 2.41. The number of carboxylic acid groups (broad SMARTS) is 1. The van der Waals surface area contributed by atoms with E-state index in [-0.39, 0.29) is 46.7 Å². The molecule has 3 aliphatic rings. The van der Waals surface area contributed by atoms with Crippen LogP contribution in [0.4, 0.5) is 5.69 Å². The molecule has 3 aromatic rings. The van der Waals surface area contributed by atoms with Gasteiger partial charge in [-0.3, -0.25) is 24.1 Å². The number of anilines is 1. The quantitative estimate of drug-likeness (QED) is 0.174. The molecule has 0 bridgehead atoms. The van der Waals surface area contributed by atoms with Gasteiger partial charge in [0, 0.05) is 31.3 Å². The Hall–Kier alpha value is -4.66. The van der Waals surface area contributed by atoms with Gasteiger partial charge < -0.3 is 35.5 Å². The fraction of sp³-hybridized carbons (Fsp3) is 0.364. The van der Waals surface area contributed by atoms with E-state index in [1.807, 2.05) is 30.3 Å². The van der Waals surface area contributed by atoms with Gasteiger partial charge in [-0.2, -0.15) is 0 Å². The fourth-order valence-electron chi connectivity index (χ4n) is 7.25. The number of amides is 1. The van der Waals surface area contributed by atoms with Crippen LogP contribution >= 0.6 is 11.8 Å². The minimum atomic E-state index is -2.71. The average molecular weight is 663 g/mol. The minimum Gasteiger partial charge on any atom is -0.510 e. The first-order valence-corrected chi connectivity index (χ1v) is 15.8. The van der Waals surface area contributed by atoms with E-state index in [2.05, 4.69) is 4.98 Å². The monoisotopic (exact) mass is 662 g/mol. The summed E-state index contributed by atoms with van der Waals surface area (Å²) in [5.41, 5.74) is 4.15. The number of fused-ring (bicyclic) bond motifs is 5. The maximum absolute atomic E-state index is 14.4. The molecule has 0 saturated carbocycles. The second-order valence-corrected chi connectivity index (χ2v) is 13.7. The van der Waals surface area contributed by atoms with Crippen LogP contribution in [0.15, 0.2) is 68.7 Å². The third-order valence-corrected chi connectivity index (χ3v) is 10.4. The molecule has 1 heterocycles. The van der Waals surface area contributed by atoms with Crippen molar-refractivity contribution >= 4 is 52.0 Å². The van der Waals surface area contributed by atoms with Crippen molar-refractivity contribution in [1.82, 2.24) is 9.88 Å². The van der Waals surface area contributed by atoms with Crippen molar-refractivity contribution in [2.24, 2.45) is 17.6 Å². The molecule has 0 radical (unpaired) electrons. The molecule has 1 aromatic heterocycles. The largest absolute Gasteiger partial charge is 0.510 e. The molecule has 47 heavy (non-hydrogen) atoms. The van der Waals surface area contributed by atoms with Crippen LogP contribution in [0.2, 0.25) is 0 Å². The maximum atomic E-state index is 14.4. The third kappa shape index (κ3) is 4.98. The molecule has 246 valence electrons. The smallest absolute Gasteiger partial charge is 0.317 e. The van der Waals surface area contributed by atoms with Gasteiger partial charge >= 0.3 is 5.97 Å². The number of primary amides is 1. The van der Waals surface area contributed by atoms with Crippen molar-refractivity contribution < 1.29 is 44.0 Å². The number of carbonyl (C=O) groups is 4. The zero-order valence-corrected chi connectivity index (χ0v) is 26.9. The van der Waals surface area contributed by atoms with Crippen LogP contribution in [0, 0.1) is 11.8 Å². The first kappa shape index (κ1) is 32.3. The van der Waals surface area contributed by atoms with Gasteiger partial charge in [0.25, 0.3) is 11.1 Å². The van der Waals surface area contributed by atoms with Crippen molar-refractivity contribution in [3.63, 3.8) is 0 Å². The van der Waals surface area contributed by atoms with Crippen molar-refractivity contribution in [2.75, 3.05) is 33.1 Å². The third-order valence-electron chi connectivity index (χ3n) is 9.32. The number of Topliss-reactive ketones (excluding diaryl/α,β-unsaturated/α-hetero) is 2. The number of aliphatic carboxylic acids is 1. The van der Waals surface area contributed by atoms with Crippen LogP contribution in [0.5, 0.6) is 0 Å². The van der Waals surface area contributed by atoms with Crippen LogP contribution in [0.3, 0.4) is 0 Å². The summed E-state index contributed by atoms with van der Waals surface area (Å²) < 4.78 is 6.08. The Bertz CT molecular complexity index is 1920. The number of carboxylic acids is 1. The van der Waals surface area contributed by atoms with E-state index >= 15 is 0 Å². The zero-order valence-electron chi connectivity index (χ0n) is 26.1. The number of ketones is 2. The molecule has 0 aliphatic heterocycles. The van der Waals surface area contributed by atoms with Gasteiger partial charge in [0.15, 0.2) is 17.0 Å². The van der Waals surface area contributed by atoms with E-state index in [1.54, 1.807) is 39.2 Å². The molecule has 1 unspecified atom stereocenters. The molecular formula is C33H34N4O9S. The summed E-state index contributed by atoms with van der Waals surface area (Å²) >= 11 is 0.902. The molecule has 0 saturated heterocycles. The van der Waals surface area contributed by atoms with Crippen molar-refractivity contribution in [1.29, 1.82) is 0 Å². The van der Waals surface area contributed by atoms with Crippen LogP contribution in [0.25, 0.3) is 11.1 Å². The highest BCUT2D eigenvalue weighted by Gasteiger charge is 2.63. The number of nitrogens with zero attached hydrogens (tertiary/aromatic N) is 3. The fourth-order valence-corrected chi connectivity index (χ4v) is 8.15. The highest BCUT2D eigenvalue weighted by atomic mass is 32.2. The average Bonchev–Trinajstić information content (AvgIpc) is 3.40. The summed E-state index contributed by atoms with van der Waals surface area (Å²) in [7, 11) is 6.76. The topological polar surface area (TPSA) is 208 Å². The second-order valence-electron chi connectivity index (χ2n) is 12.6. The van der Waals surface area contributed by atoms with Gasteiger partial charge in [-0.25, -0.2) is 4.98 Å². The summed E-state index contributed by atoms with van der Waals surface area (Å²) in [6.07, 6.45) is 0.405. The first-order valence-electron chi connectivity index (χ1n) is 14.9. The molecular weight excluding hydrogens is 628 g/mol. The SMILES string of the molecule is CN(C)c1cc2nc(SC(Cc3ccccc3)C(=O)O)oc2c2c1C[C@H]1C[C@H]3[C@H](N(C)C)C(O)=C(C(N)=O)C(=O)[C@@]3(O)C(O)=C1C2=O. The molecule has 2 aromatic carbocycles. The minimum absolute atomic E-state index is 0.00789. The van der Waals surface area contributed by atoms with Gasteiger partial charge in [-0.15, -0.1) is 0 Å². The first-order chi connectivity index (χ1) is 22.2. The number of hydrogen-bond donors (Lipinski definition) is 5. The van der Waals surface area contributed by atoms with Crippen LogP contribution in [0.1, 0.15) is 27.9 Å². The number of oxazole rings is 1. The second kappa shape index (κ2) is 11.5. The number of benzene rings is 2. The predicted molar refractivity (Wildman–Crippen MR) is 171 cm³/mol. The number of thioether (sulfide) groups is 1. The van der Waals surface area contributed by atoms with Crippen molar-refractivity contribution in [3.8, 4) is 0 Å². The summed E-state index contributed by atoms with van der Waals surface area (Å²) in [6.45, 7) is 0. The number of carbonyl (C=O) groups excluding carboxylic acids is 3. The Kier molecular flexibility index (Phi) is 7.93. The Labute approximate surface area is 273 Å². The van der Waals surface area contributed by atoms with E-state index in [0.29, 0.717) is 11.3 Å². The Morgan fingerprint density at radius 2 is 1.83 bits per heavy atom. The standard InChI is InChI=1S/C33H34N4O9S/c1-36(2)19-13-18-27(46-32(35-18)47-20(31(43)44)10-14-8-6-5-7-9-14)22-16(19)11-15-12-17-24(37(3)4)26(39)23(30(34)42)29(41)33(17,45)28(40)21(15)25(22)38/h5-9,13,15,17,20,24,39-40,45H,10-12H2,1-4H3,(H2,34,42)(H,43,44)/t15-,17-,20?,24-,33-/m0/s1. The van der Waals surface area contributed by atoms with Gasteiger partial charge in [0.05, 0.1) is 11.6 Å². The molecule has 14 heteroatoms. The van der Waals surface area contributed by atoms with Gasteiger partial charge in [0.2, 0.25) is 5.78 Å². The molecule has 13 nitrogen and oxygen atoms in total. The molecule has 3 aliphatic carbocycles. The van der Waals surface area contributed by atoms with E-state index in [4.69, 9.17) is 10.2 Å². The van der Waals surface area contributed by atoms with Crippen molar-refractivity contribution in [3.05, 3.63) is 75.8 Å². The maximum Gasteiger partial charge on any atom is 0.317 e. The number of likely N-dealkylation sites (N-methyl/N-ethyl adjacent to an activating group) is 1. The lowest BCUT2D eigenvalue weighted by atomic mass is 9.58. The summed E-state index contributed by atoms with van der Waals surface area (Å²) in [5, 5.41) is 43.6. The highest BCUT2D eigenvalue weighted by molar-refractivity contribution is 8.00. The molecule has 6 rings (SSSR count). The van der Waals surface area contributed by atoms with E-state index in [0.717, 1.165) is 17.3 Å². The molecule has 0 spiro atoms. The Balaban J connectivity index is 1.48.